The summed E-state index contributed by atoms with van der Waals surface area (Å²) in [5, 5.41) is 2.47. The van der Waals surface area contributed by atoms with E-state index in [-0.39, 0.29) is 0 Å². The Hall–Kier alpha value is -7.94. The van der Waals surface area contributed by atoms with Crippen molar-refractivity contribution in [2.75, 3.05) is 4.90 Å². The first kappa shape index (κ1) is 41.4. The fourth-order valence-electron chi connectivity index (χ4n) is 8.86. The van der Waals surface area contributed by atoms with E-state index in [2.05, 4.69) is 266 Å². The molecule has 0 saturated carbocycles. The zero-order valence-electron chi connectivity index (χ0n) is 37.0. The number of aromatic nitrogens is 1. The summed E-state index contributed by atoms with van der Waals surface area (Å²) in [6, 6.07) is 79.2. The van der Waals surface area contributed by atoms with Crippen LogP contribution in [0.4, 0.5) is 17.1 Å². The Labute approximate surface area is 378 Å². The van der Waals surface area contributed by atoms with Gasteiger partial charge in [-0.3, -0.25) is 0 Å². The third-order valence-corrected chi connectivity index (χ3v) is 11.9. The molecule has 0 amide bonds. The number of fused-ring (bicyclic) bond motifs is 2. The molecule has 0 saturated heterocycles. The number of rotatable bonds is 10. The highest BCUT2D eigenvalue weighted by molar-refractivity contribution is 6.04. The van der Waals surface area contributed by atoms with Gasteiger partial charge in [-0.25, -0.2) is 0 Å². The molecule has 0 spiro atoms. The summed E-state index contributed by atoms with van der Waals surface area (Å²) in [5.41, 5.74) is 18.9. The van der Waals surface area contributed by atoms with Crippen molar-refractivity contribution in [3.63, 3.8) is 0 Å². The van der Waals surface area contributed by atoms with Gasteiger partial charge >= 0.3 is 0 Å². The van der Waals surface area contributed by atoms with Crippen molar-refractivity contribution >= 4 is 38.9 Å². The summed E-state index contributed by atoms with van der Waals surface area (Å²) in [4.78, 5) is 2.34. The lowest BCUT2D eigenvalue weighted by atomic mass is 9.91. The fraction of sp³-hybridized carbons (Fsp3) is 0.0645. The van der Waals surface area contributed by atoms with Crippen molar-refractivity contribution in [2.45, 2.75) is 27.7 Å². The number of pyridine rings is 1. The zero-order valence-corrected chi connectivity index (χ0v) is 37.0. The van der Waals surface area contributed by atoms with Gasteiger partial charge < -0.3 is 9.30 Å². The number of hydrogen-bond acceptors (Lipinski definition) is 1. The van der Waals surface area contributed by atoms with Crippen LogP contribution in [-0.2, 0) is 0 Å². The maximum Gasteiger partial charge on any atom is 0.0613 e. The van der Waals surface area contributed by atoms with Gasteiger partial charge in [-0.05, 0) is 129 Å². The second kappa shape index (κ2) is 19.0. The van der Waals surface area contributed by atoms with Crippen LogP contribution in [0.15, 0.2) is 243 Å². The summed E-state index contributed by atoms with van der Waals surface area (Å²) < 4.78 is 2.37. The van der Waals surface area contributed by atoms with E-state index in [0.29, 0.717) is 0 Å². The Kier molecular flexibility index (Phi) is 12.3. The lowest BCUT2D eigenvalue weighted by Gasteiger charge is -2.26. The maximum atomic E-state index is 2.37. The molecular weight excluding hydrogens is 773 g/mol. The zero-order chi connectivity index (χ0) is 43.8. The Morgan fingerprint density at radius 3 is 1.45 bits per heavy atom. The largest absolute Gasteiger partial charge is 0.315 e. The van der Waals surface area contributed by atoms with Gasteiger partial charge in [-0.15, -0.1) is 0 Å². The first-order valence-corrected chi connectivity index (χ1v) is 22.4. The molecule has 10 rings (SSSR count). The first-order chi connectivity index (χ1) is 31.7. The molecule has 0 bridgehead atoms. The minimum Gasteiger partial charge on any atom is -0.315 e. The van der Waals surface area contributed by atoms with Crippen LogP contribution in [0.3, 0.4) is 0 Å². The number of benzene rings is 8. The van der Waals surface area contributed by atoms with Gasteiger partial charge in [-0.2, -0.15) is 0 Å². The number of hydrogen-bond donors (Lipinski definition) is 0. The molecule has 310 valence electrons. The van der Waals surface area contributed by atoms with E-state index < -0.39 is 0 Å². The Balaban J connectivity index is 0.00000256. The molecule has 0 N–H and O–H groups in total. The molecule has 0 radical (unpaired) electrons. The molecule has 2 nitrogen and oxygen atoms in total. The first-order valence-electron chi connectivity index (χ1n) is 22.4. The van der Waals surface area contributed by atoms with E-state index in [1.807, 2.05) is 13.8 Å². The van der Waals surface area contributed by atoms with Gasteiger partial charge in [-0.1, -0.05) is 196 Å². The Bertz CT molecular complexity index is 3190. The summed E-state index contributed by atoms with van der Waals surface area (Å²) in [6.45, 7) is 8.15. The molecule has 64 heavy (non-hydrogen) atoms. The van der Waals surface area contributed by atoms with Gasteiger partial charge in [0.1, 0.15) is 0 Å². The van der Waals surface area contributed by atoms with Crippen molar-refractivity contribution in [1.82, 2.24) is 4.40 Å². The minimum absolute atomic E-state index is 1.10. The highest BCUT2D eigenvalue weighted by Crippen LogP contribution is 2.46. The fourth-order valence-corrected chi connectivity index (χ4v) is 8.86. The third-order valence-electron chi connectivity index (χ3n) is 11.9. The molecule has 2 aromatic heterocycles. The van der Waals surface area contributed by atoms with Gasteiger partial charge in [0, 0.05) is 34.4 Å². The quantitative estimate of drug-likeness (QED) is 0.125. The van der Waals surface area contributed by atoms with E-state index in [0.717, 1.165) is 17.1 Å². The maximum absolute atomic E-state index is 2.37. The monoisotopic (exact) mass is 824 g/mol. The van der Waals surface area contributed by atoms with Gasteiger partial charge in [0.25, 0.3) is 0 Å². The van der Waals surface area contributed by atoms with Crippen molar-refractivity contribution in [1.29, 1.82) is 0 Å². The molecule has 10 aromatic rings. The second-order valence-electron chi connectivity index (χ2n) is 15.6. The summed E-state index contributed by atoms with van der Waals surface area (Å²) in [5.74, 6) is 0. The number of nitrogens with zero attached hydrogens (tertiary/aromatic N) is 2. The summed E-state index contributed by atoms with van der Waals surface area (Å²) in [6.07, 6.45) is 8.61. The van der Waals surface area contributed by atoms with E-state index in [1.165, 1.54) is 83.2 Å². The van der Waals surface area contributed by atoms with Crippen LogP contribution in [0.2, 0.25) is 0 Å². The standard InChI is InChI=1S/C60H46N2.C2H6/c1-3-15-43(4-2)46-29-35-54(36-30-46)62(55-37-31-48(32-38-55)44-16-7-5-8-17-44)56-39-33-49(34-40-56)47-23-26-51(27-24-47)60-59(53-28-25-45-18-11-12-21-52(45)42-53)58(50-19-9-6-10-20-50)57-22-13-14-41-61(57)60;1-2/h3-42H,1-2H3;1-2H3/b15-3-,43-4+;. The van der Waals surface area contributed by atoms with E-state index in [9.17, 15) is 0 Å². The van der Waals surface area contributed by atoms with Crippen LogP contribution in [0, 0.1) is 0 Å². The average molecular weight is 825 g/mol. The van der Waals surface area contributed by atoms with Crippen molar-refractivity contribution in [3.8, 4) is 55.8 Å². The van der Waals surface area contributed by atoms with Crippen molar-refractivity contribution < 1.29 is 0 Å². The second-order valence-corrected chi connectivity index (χ2v) is 15.6. The summed E-state index contributed by atoms with van der Waals surface area (Å²) in [7, 11) is 0. The van der Waals surface area contributed by atoms with Gasteiger partial charge in [0.2, 0.25) is 0 Å². The highest BCUT2D eigenvalue weighted by atomic mass is 15.1. The minimum atomic E-state index is 1.10. The summed E-state index contributed by atoms with van der Waals surface area (Å²) >= 11 is 0. The molecule has 8 aromatic carbocycles. The molecule has 0 unspecified atom stereocenters. The van der Waals surface area contributed by atoms with Crippen LogP contribution in [0.5, 0.6) is 0 Å². The SMILES string of the molecule is C/C=C\C(=C/C)c1ccc(N(c2ccc(-c3ccccc3)cc2)c2ccc(-c3ccc(-c4c(-c5ccc6ccccc6c5)c(-c5ccccc5)c5ccccn45)cc3)cc2)cc1.CC. The van der Waals surface area contributed by atoms with Gasteiger partial charge in [0.15, 0.2) is 0 Å². The molecule has 0 atom stereocenters. The molecule has 0 aliphatic rings. The van der Waals surface area contributed by atoms with Crippen LogP contribution in [0.1, 0.15) is 33.3 Å². The van der Waals surface area contributed by atoms with E-state index >= 15 is 0 Å². The van der Waals surface area contributed by atoms with Crippen LogP contribution in [-0.4, -0.2) is 4.40 Å². The molecule has 0 fully saturated rings. The highest BCUT2D eigenvalue weighted by Gasteiger charge is 2.22. The van der Waals surface area contributed by atoms with E-state index in [4.69, 9.17) is 0 Å². The van der Waals surface area contributed by atoms with Gasteiger partial charge in [0.05, 0.1) is 11.2 Å². The molecule has 2 heterocycles. The average Bonchev–Trinajstić information content (AvgIpc) is 3.73. The number of allylic oxidation sites excluding steroid dienone is 4. The van der Waals surface area contributed by atoms with Crippen molar-refractivity contribution in [3.05, 3.63) is 248 Å². The normalized spacial score (nSPS) is 11.5. The van der Waals surface area contributed by atoms with Crippen LogP contribution >= 0.6 is 0 Å². The topological polar surface area (TPSA) is 7.65 Å². The number of anilines is 3. The lowest BCUT2D eigenvalue weighted by molar-refractivity contribution is 1.20. The molecule has 0 aliphatic heterocycles. The smallest absolute Gasteiger partial charge is 0.0613 e. The van der Waals surface area contributed by atoms with Crippen LogP contribution < -0.4 is 4.90 Å². The molecule has 2 heteroatoms. The van der Waals surface area contributed by atoms with Crippen molar-refractivity contribution in [2.24, 2.45) is 0 Å². The van der Waals surface area contributed by atoms with E-state index in [1.54, 1.807) is 0 Å². The third kappa shape index (κ3) is 8.22. The predicted octanol–water partition coefficient (Wildman–Crippen LogP) is 17.9. The predicted molar refractivity (Wildman–Crippen MR) is 277 cm³/mol. The molecule has 0 aliphatic carbocycles. The lowest BCUT2D eigenvalue weighted by Crippen LogP contribution is -2.09. The Morgan fingerprint density at radius 2 is 0.875 bits per heavy atom. The Morgan fingerprint density at radius 1 is 0.406 bits per heavy atom. The van der Waals surface area contributed by atoms with Crippen LogP contribution in [0.25, 0.3) is 77.6 Å². The molecular formula is C62H52N2.